The number of aromatic nitrogens is 1. The molecule has 0 aliphatic heterocycles. The standard InChI is InChI=1S/C16H19ClN2O/c1-11(2)14(8-9-17)19-16(20)13-7-3-5-12-6-4-10-18-15(12)13/h3-7,10-11,14H,8-9H2,1-2H3,(H,19,20). The molecule has 0 saturated heterocycles. The van der Waals surface area contributed by atoms with E-state index in [4.69, 9.17) is 11.6 Å². The molecule has 1 aromatic carbocycles. The maximum atomic E-state index is 12.5. The summed E-state index contributed by atoms with van der Waals surface area (Å²) in [5.74, 6) is 0.801. The van der Waals surface area contributed by atoms with Gasteiger partial charge in [-0.05, 0) is 24.5 Å². The number of rotatable bonds is 5. The van der Waals surface area contributed by atoms with Gasteiger partial charge in [-0.2, -0.15) is 0 Å². The van der Waals surface area contributed by atoms with Crippen LogP contribution in [0.3, 0.4) is 0 Å². The third-order valence-electron chi connectivity index (χ3n) is 3.42. The van der Waals surface area contributed by atoms with E-state index in [1.165, 1.54) is 0 Å². The molecule has 1 amide bonds. The number of para-hydroxylation sites is 1. The lowest BCUT2D eigenvalue weighted by atomic mass is 10.0. The maximum absolute atomic E-state index is 12.5. The molecule has 2 aromatic rings. The number of nitrogens with zero attached hydrogens (tertiary/aromatic N) is 1. The van der Waals surface area contributed by atoms with Gasteiger partial charge in [0.15, 0.2) is 0 Å². The monoisotopic (exact) mass is 290 g/mol. The van der Waals surface area contributed by atoms with Gasteiger partial charge in [0.2, 0.25) is 0 Å². The second-order valence-corrected chi connectivity index (χ2v) is 5.56. The summed E-state index contributed by atoms with van der Waals surface area (Å²) < 4.78 is 0. The lowest BCUT2D eigenvalue weighted by molar-refractivity contribution is 0.0926. The molecule has 0 spiro atoms. The van der Waals surface area contributed by atoms with Gasteiger partial charge in [0, 0.05) is 23.5 Å². The van der Waals surface area contributed by atoms with Crippen LogP contribution in [-0.4, -0.2) is 22.8 Å². The number of pyridine rings is 1. The normalized spacial score (nSPS) is 12.6. The molecule has 3 nitrogen and oxygen atoms in total. The van der Waals surface area contributed by atoms with Gasteiger partial charge in [0.05, 0.1) is 11.1 Å². The van der Waals surface area contributed by atoms with Crippen LogP contribution in [0, 0.1) is 5.92 Å². The Morgan fingerprint density at radius 3 is 2.75 bits per heavy atom. The van der Waals surface area contributed by atoms with Crippen molar-refractivity contribution in [2.75, 3.05) is 5.88 Å². The minimum absolute atomic E-state index is 0.0824. The average molecular weight is 291 g/mol. The van der Waals surface area contributed by atoms with Crippen LogP contribution in [0.5, 0.6) is 0 Å². The van der Waals surface area contributed by atoms with Crippen LogP contribution in [0.4, 0.5) is 0 Å². The zero-order valence-corrected chi connectivity index (χ0v) is 12.5. The van der Waals surface area contributed by atoms with Gasteiger partial charge in [-0.15, -0.1) is 11.6 Å². The summed E-state index contributed by atoms with van der Waals surface area (Å²) in [6, 6.07) is 9.55. The smallest absolute Gasteiger partial charge is 0.253 e. The molecule has 1 heterocycles. The van der Waals surface area contributed by atoms with Crippen molar-refractivity contribution in [1.82, 2.24) is 10.3 Å². The Labute approximate surface area is 124 Å². The summed E-state index contributed by atoms with van der Waals surface area (Å²) in [7, 11) is 0. The van der Waals surface area contributed by atoms with Crippen LogP contribution in [0.1, 0.15) is 30.6 Å². The summed E-state index contributed by atoms with van der Waals surface area (Å²) in [4.78, 5) is 16.8. The maximum Gasteiger partial charge on any atom is 0.253 e. The van der Waals surface area contributed by atoms with Crippen molar-refractivity contribution < 1.29 is 4.79 Å². The van der Waals surface area contributed by atoms with Gasteiger partial charge in [0.25, 0.3) is 5.91 Å². The summed E-state index contributed by atoms with van der Waals surface area (Å²) >= 11 is 5.80. The first-order valence-corrected chi connectivity index (χ1v) is 7.37. The van der Waals surface area contributed by atoms with Crippen molar-refractivity contribution in [3.05, 3.63) is 42.1 Å². The molecule has 0 bridgehead atoms. The van der Waals surface area contributed by atoms with Gasteiger partial charge in [-0.1, -0.05) is 32.0 Å². The van der Waals surface area contributed by atoms with Crippen molar-refractivity contribution in [2.24, 2.45) is 5.92 Å². The first kappa shape index (κ1) is 14.8. The van der Waals surface area contributed by atoms with Crippen LogP contribution in [0.25, 0.3) is 10.9 Å². The highest BCUT2D eigenvalue weighted by molar-refractivity contribution is 6.17. The predicted molar refractivity (Wildman–Crippen MR) is 83.2 cm³/mol. The van der Waals surface area contributed by atoms with Gasteiger partial charge < -0.3 is 5.32 Å². The number of fused-ring (bicyclic) bond motifs is 1. The molecular formula is C16H19ClN2O. The number of halogens is 1. The van der Waals surface area contributed by atoms with E-state index in [1.54, 1.807) is 6.20 Å². The minimum atomic E-state index is -0.0851. The number of carbonyl (C=O) groups is 1. The largest absolute Gasteiger partial charge is 0.349 e. The molecule has 0 saturated carbocycles. The zero-order valence-electron chi connectivity index (χ0n) is 11.8. The number of carbonyl (C=O) groups excluding carboxylic acids is 1. The van der Waals surface area contributed by atoms with Gasteiger partial charge in [-0.25, -0.2) is 0 Å². The van der Waals surface area contributed by atoms with Crippen molar-refractivity contribution in [3.63, 3.8) is 0 Å². The second-order valence-electron chi connectivity index (χ2n) is 5.18. The summed E-state index contributed by atoms with van der Waals surface area (Å²) in [6.07, 6.45) is 2.47. The SMILES string of the molecule is CC(C)C(CCCl)NC(=O)c1cccc2cccnc12. The van der Waals surface area contributed by atoms with E-state index in [0.717, 1.165) is 17.3 Å². The molecule has 20 heavy (non-hydrogen) atoms. The number of hydrogen-bond donors (Lipinski definition) is 1. The third kappa shape index (κ3) is 3.28. The van der Waals surface area contributed by atoms with Crippen LogP contribution in [0.15, 0.2) is 36.5 Å². The fourth-order valence-electron chi connectivity index (χ4n) is 2.22. The fraction of sp³-hybridized carbons (Fsp3) is 0.375. The molecule has 1 atom stereocenters. The van der Waals surface area contributed by atoms with E-state index in [2.05, 4.69) is 24.1 Å². The van der Waals surface area contributed by atoms with Crippen LogP contribution < -0.4 is 5.32 Å². The number of nitrogens with one attached hydrogen (secondary N) is 1. The van der Waals surface area contributed by atoms with E-state index >= 15 is 0 Å². The molecule has 1 unspecified atom stereocenters. The topological polar surface area (TPSA) is 42.0 Å². The Morgan fingerprint density at radius 1 is 1.30 bits per heavy atom. The molecule has 0 radical (unpaired) electrons. The molecule has 1 aromatic heterocycles. The molecule has 106 valence electrons. The molecule has 0 aliphatic rings. The summed E-state index contributed by atoms with van der Waals surface area (Å²) in [5, 5.41) is 4.03. The van der Waals surface area contributed by atoms with Crippen LogP contribution in [-0.2, 0) is 0 Å². The van der Waals surface area contributed by atoms with Crippen molar-refractivity contribution in [3.8, 4) is 0 Å². The van der Waals surface area contributed by atoms with Crippen molar-refractivity contribution >= 4 is 28.4 Å². The van der Waals surface area contributed by atoms with Crippen molar-refractivity contribution in [1.29, 1.82) is 0 Å². The Bertz CT molecular complexity index is 593. The highest BCUT2D eigenvalue weighted by Gasteiger charge is 2.18. The molecule has 0 fully saturated rings. The Balaban J connectivity index is 2.27. The Hall–Kier alpha value is -1.61. The molecule has 0 aliphatic carbocycles. The number of alkyl halides is 1. The predicted octanol–water partition coefficient (Wildman–Crippen LogP) is 3.62. The van der Waals surface area contributed by atoms with E-state index in [1.807, 2.05) is 30.3 Å². The van der Waals surface area contributed by atoms with Gasteiger partial charge in [0.1, 0.15) is 0 Å². The third-order valence-corrected chi connectivity index (χ3v) is 3.64. The first-order chi connectivity index (χ1) is 9.63. The average Bonchev–Trinajstić information content (AvgIpc) is 2.46. The van der Waals surface area contributed by atoms with E-state index in [9.17, 15) is 4.79 Å². The number of benzene rings is 1. The molecular weight excluding hydrogens is 272 g/mol. The first-order valence-electron chi connectivity index (χ1n) is 6.84. The second kappa shape index (κ2) is 6.71. The lowest BCUT2D eigenvalue weighted by Gasteiger charge is -2.21. The molecule has 2 rings (SSSR count). The molecule has 1 N–H and O–H groups in total. The van der Waals surface area contributed by atoms with E-state index < -0.39 is 0 Å². The van der Waals surface area contributed by atoms with Crippen LogP contribution >= 0.6 is 11.6 Å². The Morgan fingerprint density at radius 2 is 2.05 bits per heavy atom. The fourth-order valence-corrected chi connectivity index (χ4v) is 2.46. The lowest BCUT2D eigenvalue weighted by Crippen LogP contribution is -2.39. The highest BCUT2D eigenvalue weighted by atomic mass is 35.5. The quantitative estimate of drug-likeness (QED) is 0.855. The molecule has 4 heteroatoms. The summed E-state index contributed by atoms with van der Waals surface area (Å²) in [6.45, 7) is 4.16. The van der Waals surface area contributed by atoms with E-state index in [0.29, 0.717) is 17.4 Å². The minimum Gasteiger partial charge on any atom is -0.349 e. The zero-order chi connectivity index (χ0) is 14.5. The number of amides is 1. The van der Waals surface area contributed by atoms with E-state index in [-0.39, 0.29) is 11.9 Å². The van der Waals surface area contributed by atoms with Crippen molar-refractivity contribution in [2.45, 2.75) is 26.3 Å². The van der Waals surface area contributed by atoms with Gasteiger partial charge in [-0.3, -0.25) is 9.78 Å². The number of hydrogen-bond acceptors (Lipinski definition) is 2. The van der Waals surface area contributed by atoms with Crippen LogP contribution in [0.2, 0.25) is 0 Å². The Kier molecular flexibility index (Phi) is 4.96. The highest BCUT2D eigenvalue weighted by Crippen LogP contribution is 2.17. The summed E-state index contributed by atoms with van der Waals surface area (Å²) in [5.41, 5.74) is 1.35. The van der Waals surface area contributed by atoms with Gasteiger partial charge >= 0.3 is 0 Å².